The molecule has 3 rings (SSSR count). The number of amides is 1. The van der Waals surface area contributed by atoms with Crippen molar-refractivity contribution in [1.82, 2.24) is 9.62 Å². The fourth-order valence-corrected chi connectivity index (χ4v) is 4.69. The monoisotopic (exact) mass is 416 g/mol. The van der Waals surface area contributed by atoms with Crippen molar-refractivity contribution in [2.45, 2.75) is 43.5 Å². The van der Waals surface area contributed by atoms with Crippen molar-refractivity contribution in [3.63, 3.8) is 0 Å². The molecule has 156 valence electrons. The zero-order chi connectivity index (χ0) is 20.7. The minimum Gasteiger partial charge on any atom is -0.494 e. The van der Waals surface area contributed by atoms with Crippen molar-refractivity contribution in [2.75, 3.05) is 19.7 Å². The van der Waals surface area contributed by atoms with Crippen molar-refractivity contribution in [1.29, 1.82) is 0 Å². The normalized spacial score (nSPS) is 15.7. The molecule has 0 saturated carbocycles. The first-order valence-electron chi connectivity index (χ1n) is 10.1. The molecule has 1 N–H and O–H groups in total. The molecule has 1 saturated heterocycles. The van der Waals surface area contributed by atoms with Crippen LogP contribution in [0.4, 0.5) is 0 Å². The van der Waals surface area contributed by atoms with Crippen molar-refractivity contribution in [3.05, 3.63) is 60.2 Å². The molecule has 1 amide bonds. The van der Waals surface area contributed by atoms with Crippen LogP contribution < -0.4 is 9.46 Å². The summed E-state index contributed by atoms with van der Waals surface area (Å²) in [5, 5.41) is 0. The standard InChI is InChI=1S/C22H28N2O4S/c1-2-28-19-11-13-20(14-12-19)29(26,27)23-21(17-18-9-5-3-6-10-18)22(25)24-15-7-4-8-16-24/h3,5-6,9-14,21,23H,2,4,7-8,15-17H2,1H3/t21-/m0/s1. The molecular weight excluding hydrogens is 388 g/mol. The number of carbonyl (C=O) groups is 1. The third-order valence-corrected chi connectivity index (χ3v) is 6.48. The van der Waals surface area contributed by atoms with Gasteiger partial charge in [0.15, 0.2) is 0 Å². The third kappa shape index (κ3) is 5.81. The van der Waals surface area contributed by atoms with Gasteiger partial charge in [-0.25, -0.2) is 8.42 Å². The Balaban J connectivity index is 1.81. The zero-order valence-corrected chi connectivity index (χ0v) is 17.5. The number of hydrogen-bond donors (Lipinski definition) is 1. The van der Waals surface area contributed by atoms with E-state index in [1.54, 1.807) is 17.0 Å². The summed E-state index contributed by atoms with van der Waals surface area (Å²) < 4.78 is 34.0. The van der Waals surface area contributed by atoms with Gasteiger partial charge in [0.2, 0.25) is 15.9 Å². The quantitative estimate of drug-likeness (QED) is 0.718. The van der Waals surface area contributed by atoms with Gasteiger partial charge in [0.25, 0.3) is 0 Å². The summed E-state index contributed by atoms with van der Waals surface area (Å²) in [6.07, 6.45) is 3.32. The number of hydrogen-bond acceptors (Lipinski definition) is 4. The van der Waals surface area contributed by atoms with Crippen molar-refractivity contribution < 1.29 is 17.9 Å². The summed E-state index contributed by atoms with van der Waals surface area (Å²) in [5.41, 5.74) is 0.914. The van der Waals surface area contributed by atoms with Crippen LogP contribution in [0.1, 0.15) is 31.7 Å². The Hall–Kier alpha value is -2.38. The molecule has 29 heavy (non-hydrogen) atoms. The number of ether oxygens (including phenoxy) is 1. The molecule has 2 aromatic carbocycles. The smallest absolute Gasteiger partial charge is 0.241 e. The average Bonchev–Trinajstić information content (AvgIpc) is 2.75. The van der Waals surface area contributed by atoms with E-state index < -0.39 is 16.1 Å². The Morgan fingerprint density at radius 1 is 1.03 bits per heavy atom. The van der Waals surface area contributed by atoms with Crippen LogP contribution in [0.25, 0.3) is 0 Å². The molecule has 1 aliphatic heterocycles. The molecule has 1 aliphatic rings. The van der Waals surface area contributed by atoms with Gasteiger partial charge >= 0.3 is 0 Å². The number of nitrogens with zero attached hydrogens (tertiary/aromatic N) is 1. The van der Waals surface area contributed by atoms with Crippen molar-refractivity contribution in [3.8, 4) is 5.75 Å². The Kier molecular flexibility index (Phi) is 7.28. The Morgan fingerprint density at radius 3 is 2.31 bits per heavy atom. The Morgan fingerprint density at radius 2 is 1.69 bits per heavy atom. The summed E-state index contributed by atoms with van der Waals surface area (Å²) in [6, 6.07) is 14.9. The summed E-state index contributed by atoms with van der Waals surface area (Å²) in [5.74, 6) is 0.444. The van der Waals surface area contributed by atoms with E-state index in [1.807, 2.05) is 37.3 Å². The van der Waals surface area contributed by atoms with Crippen LogP contribution in [0.2, 0.25) is 0 Å². The largest absolute Gasteiger partial charge is 0.494 e. The minimum absolute atomic E-state index is 0.116. The lowest BCUT2D eigenvalue weighted by Crippen LogP contribution is -2.50. The lowest BCUT2D eigenvalue weighted by atomic mass is 10.0. The molecular formula is C22H28N2O4S. The van der Waals surface area contributed by atoms with Gasteiger partial charge in [0.05, 0.1) is 11.5 Å². The fourth-order valence-electron chi connectivity index (χ4n) is 3.50. The predicted octanol–water partition coefficient (Wildman–Crippen LogP) is 2.99. The number of likely N-dealkylation sites (tertiary alicyclic amines) is 1. The van der Waals surface area contributed by atoms with Gasteiger partial charge in [-0.2, -0.15) is 4.72 Å². The van der Waals surface area contributed by atoms with Gasteiger partial charge in [-0.15, -0.1) is 0 Å². The van der Waals surface area contributed by atoms with Gasteiger partial charge in [0, 0.05) is 13.1 Å². The van der Waals surface area contributed by atoms with Crippen LogP contribution in [0.3, 0.4) is 0 Å². The molecule has 2 aromatic rings. The maximum absolute atomic E-state index is 13.1. The summed E-state index contributed by atoms with van der Waals surface area (Å²) in [6.45, 7) is 3.73. The van der Waals surface area contributed by atoms with Gasteiger partial charge in [-0.3, -0.25) is 4.79 Å². The number of carbonyl (C=O) groups excluding carboxylic acids is 1. The van der Waals surface area contributed by atoms with E-state index in [9.17, 15) is 13.2 Å². The number of piperidine rings is 1. The molecule has 0 radical (unpaired) electrons. The lowest BCUT2D eigenvalue weighted by molar-refractivity contribution is -0.133. The van der Waals surface area contributed by atoms with E-state index in [2.05, 4.69) is 4.72 Å². The minimum atomic E-state index is -3.85. The molecule has 1 fully saturated rings. The molecule has 6 nitrogen and oxygen atoms in total. The molecule has 0 aromatic heterocycles. The second-order valence-corrected chi connectivity index (χ2v) is 8.87. The number of sulfonamides is 1. The first kappa shape index (κ1) is 21.3. The van der Waals surface area contributed by atoms with Crippen LogP contribution in [-0.4, -0.2) is 45.0 Å². The van der Waals surface area contributed by atoms with Gasteiger partial charge < -0.3 is 9.64 Å². The molecule has 1 atom stereocenters. The van der Waals surface area contributed by atoms with Crippen LogP contribution in [0.15, 0.2) is 59.5 Å². The number of benzene rings is 2. The average molecular weight is 417 g/mol. The third-order valence-electron chi connectivity index (χ3n) is 4.99. The van der Waals surface area contributed by atoms with Crippen LogP contribution in [0, 0.1) is 0 Å². The maximum atomic E-state index is 13.1. The molecule has 0 aliphatic carbocycles. The zero-order valence-electron chi connectivity index (χ0n) is 16.7. The van der Waals surface area contributed by atoms with E-state index in [1.165, 1.54) is 12.1 Å². The second-order valence-electron chi connectivity index (χ2n) is 7.15. The van der Waals surface area contributed by atoms with E-state index in [0.29, 0.717) is 31.9 Å². The van der Waals surface area contributed by atoms with Gasteiger partial charge in [-0.1, -0.05) is 30.3 Å². The van der Waals surface area contributed by atoms with E-state index >= 15 is 0 Å². The fraction of sp³-hybridized carbons (Fsp3) is 0.409. The molecule has 0 unspecified atom stereocenters. The van der Waals surface area contributed by atoms with E-state index in [0.717, 1.165) is 24.8 Å². The predicted molar refractivity (Wildman–Crippen MR) is 112 cm³/mol. The lowest BCUT2D eigenvalue weighted by Gasteiger charge is -2.30. The van der Waals surface area contributed by atoms with Crippen LogP contribution in [-0.2, 0) is 21.2 Å². The Bertz CT molecular complexity index is 892. The summed E-state index contributed by atoms with van der Waals surface area (Å²) in [7, 11) is -3.85. The van der Waals surface area contributed by atoms with Crippen molar-refractivity contribution in [2.24, 2.45) is 0 Å². The second kappa shape index (κ2) is 9.89. The highest BCUT2D eigenvalue weighted by Gasteiger charge is 2.30. The molecule has 7 heteroatoms. The van der Waals surface area contributed by atoms with E-state index in [4.69, 9.17) is 4.74 Å². The maximum Gasteiger partial charge on any atom is 0.241 e. The SMILES string of the molecule is CCOc1ccc(S(=O)(=O)N[C@@H](Cc2ccccc2)C(=O)N2CCCCC2)cc1. The van der Waals surface area contributed by atoms with Gasteiger partial charge in [0.1, 0.15) is 11.8 Å². The highest BCUT2D eigenvalue weighted by atomic mass is 32.2. The topological polar surface area (TPSA) is 75.7 Å². The first-order chi connectivity index (χ1) is 14.0. The summed E-state index contributed by atoms with van der Waals surface area (Å²) in [4.78, 5) is 15.0. The van der Waals surface area contributed by atoms with Crippen LogP contribution in [0.5, 0.6) is 5.75 Å². The van der Waals surface area contributed by atoms with Crippen molar-refractivity contribution >= 4 is 15.9 Å². The summed E-state index contributed by atoms with van der Waals surface area (Å²) >= 11 is 0. The van der Waals surface area contributed by atoms with Crippen LogP contribution >= 0.6 is 0 Å². The van der Waals surface area contributed by atoms with Gasteiger partial charge in [-0.05, 0) is 62.4 Å². The highest BCUT2D eigenvalue weighted by Crippen LogP contribution is 2.18. The molecule has 0 spiro atoms. The number of nitrogens with one attached hydrogen (secondary N) is 1. The van der Waals surface area contributed by atoms with E-state index in [-0.39, 0.29) is 10.8 Å². The number of rotatable bonds is 8. The molecule has 1 heterocycles. The Labute approximate surface area is 172 Å². The molecule has 0 bridgehead atoms. The first-order valence-corrected chi connectivity index (χ1v) is 11.6. The highest BCUT2D eigenvalue weighted by molar-refractivity contribution is 7.89.